The Bertz CT molecular complexity index is 507. The lowest BCUT2D eigenvalue weighted by Crippen LogP contribution is -2.43. The number of hydrogen-bond acceptors (Lipinski definition) is 3. The minimum atomic E-state index is 0. The van der Waals surface area contributed by atoms with Crippen LogP contribution in [0.25, 0.3) is 0 Å². The molecule has 1 saturated carbocycles. The fourth-order valence-corrected chi connectivity index (χ4v) is 4.31. The lowest BCUT2D eigenvalue weighted by Gasteiger charge is -2.28. The molecule has 1 aromatic rings. The largest absolute Gasteiger partial charge is 0.356 e. The van der Waals surface area contributed by atoms with Crippen molar-refractivity contribution in [1.82, 2.24) is 15.6 Å². The minimum Gasteiger partial charge on any atom is -0.356 e. The maximum Gasteiger partial charge on any atom is 0.191 e. The average Bonchev–Trinajstić information content (AvgIpc) is 3.10. The second kappa shape index (κ2) is 9.81. The SMILES string of the molecule is CCC1(CNC(=NC)NCCc2sc(C)nc2C)CCCC1.I. The first-order valence-electron chi connectivity index (χ1n) is 8.46. The van der Waals surface area contributed by atoms with Crippen LogP contribution in [0, 0.1) is 19.3 Å². The van der Waals surface area contributed by atoms with Gasteiger partial charge in [-0.2, -0.15) is 0 Å². The molecular formula is C17H31IN4S. The van der Waals surface area contributed by atoms with Gasteiger partial charge < -0.3 is 10.6 Å². The van der Waals surface area contributed by atoms with Crippen LogP contribution in [0.5, 0.6) is 0 Å². The third kappa shape index (κ3) is 5.89. The Morgan fingerprint density at radius 1 is 1.26 bits per heavy atom. The minimum absolute atomic E-state index is 0. The lowest BCUT2D eigenvalue weighted by molar-refractivity contribution is 0.283. The molecule has 0 saturated heterocycles. The molecule has 4 nitrogen and oxygen atoms in total. The van der Waals surface area contributed by atoms with E-state index in [4.69, 9.17) is 0 Å². The van der Waals surface area contributed by atoms with Gasteiger partial charge in [0.05, 0.1) is 10.7 Å². The molecule has 1 aliphatic carbocycles. The summed E-state index contributed by atoms with van der Waals surface area (Å²) in [6.07, 6.45) is 7.74. The van der Waals surface area contributed by atoms with Crippen LogP contribution in [0.3, 0.4) is 0 Å². The Balaban J connectivity index is 0.00000264. The summed E-state index contributed by atoms with van der Waals surface area (Å²) >= 11 is 1.80. The molecule has 2 N–H and O–H groups in total. The number of aryl methyl sites for hydroxylation is 2. The van der Waals surface area contributed by atoms with Gasteiger partial charge in [0, 0.05) is 31.4 Å². The average molecular weight is 450 g/mol. The van der Waals surface area contributed by atoms with E-state index in [-0.39, 0.29) is 24.0 Å². The van der Waals surface area contributed by atoms with Gasteiger partial charge in [-0.3, -0.25) is 4.99 Å². The fraction of sp³-hybridized carbons (Fsp3) is 0.765. The number of hydrogen-bond donors (Lipinski definition) is 2. The van der Waals surface area contributed by atoms with E-state index in [1.807, 2.05) is 7.05 Å². The van der Waals surface area contributed by atoms with Gasteiger partial charge in [0.25, 0.3) is 0 Å². The number of rotatable bonds is 6. The quantitative estimate of drug-likeness (QED) is 0.391. The van der Waals surface area contributed by atoms with Crippen LogP contribution in [0.1, 0.15) is 54.6 Å². The molecule has 23 heavy (non-hydrogen) atoms. The molecule has 2 rings (SSSR count). The van der Waals surface area contributed by atoms with Gasteiger partial charge in [-0.05, 0) is 38.5 Å². The summed E-state index contributed by atoms with van der Waals surface area (Å²) in [4.78, 5) is 10.2. The molecule has 0 radical (unpaired) electrons. The number of aliphatic imine (C=N–C) groups is 1. The molecule has 0 aliphatic heterocycles. The smallest absolute Gasteiger partial charge is 0.191 e. The van der Waals surface area contributed by atoms with Crippen LogP contribution in [0.4, 0.5) is 0 Å². The van der Waals surface area contributed by atoms with Gasteiger partial charge in [-0.25, -0.2) is 4.98 Å². The summed E-state index contributed by atoms with van der Waals surface area (Å²) in [5.74, 6) is 0.929. The number of nitrogens with zero attached hydrogens (tertiary/aromatic N) is 2. The molecule has 0 atom stereocenters. The van der Waals surface area contributed by atoms with E-state index in [0.29, 0.717) is 5.41 Å². The van der Waals surface area contributed by atoms with Gasteiger partial charge in [-0.15, -0.1) is 35.3 Å². The number of thiazole rings is 1. The van der Waals surface area contributed by atoms with Crippen molar-refractivity contribution < 1.29 is 0 Å². The Morgan fingerprint density at radius 3 is 2.48 bits per heavy atom. The molecule has 0 bridgehead atoms. The zero-order chi connectivity index (χ0) is 16.0. The molecule has 1 heterocycles. The van der Waals surface area contributed by atoms with Gasteiger partial charge in [0.2, 0.25) is 0 Å². The van der Waals surface area contributed by atoms with Crippen molar-refractivity contribution in [3.05, 3.63) is 15.6 Å². The highest BCUT2D eigenvalue weighted by Gasteiger charge is 2.31. The van der Waals surface area contributed by atoms with Crippen molar-refractivity contribution >= 4 is 41.3 Å². The molecule has 0 spiro atoms. The molecule has 132 valence electrons. The third-order valence-electron chi connectivity index (χ3n) is 4.91. The van der Waals surface area contributed by atoms with Gasteiger partial charge in [0.1, 0.15) is 0 Å². The Hall–Kier alpha value is -0.370. The van der Waals surface area contributed by atoms with Crippen molar-refractivity contribution in [2.45, 2.75) is 59.3 Å². The van der Waals surface area contributed by atoms with Gasteiger partial charge in [0.15, 0.2) is 5.96 Å². The predicted molar refractivity (Wildman–Crippen MR) is 111 cm³/mol. The maximum atomic E-state index is 4.48. The number of nitrogens with one attached hydrogen (secondary N) is 2. The summed E-state index contributed by atoms with van der Waals surface area (Å²) in [5.41, 5.74) is 1.66. The molecule has 1 fully saturated rings. The second-order valence-corrected chi connectivity index (χ2v) is 7.69. The third-order valence-corrected chi connectivity index (χ3v) is 6.05. The highest BCUT2D eigenvalue weighted by molar-refractivity contribution is 14.0. The molecule has 6 heteroatoms. The second-order valence-electron chi connectivity index (χ2n) is 6.40. The van der Waals surface area contributed by atoms with Crippen LogP contribution in [-0.2, 0) is 6.42 Å². The van der Waals surface area contributed by atoms with E-state index < -0.39 is 0 Å². The highest BCUT2D eigenvalue weighted by atomic mass is 127. The number of aromatic nitrogens is 1. The zero-order valence-corrected chi connectivity index (χ0v) is 18.0. The first-order chi connectivity index (χ1) is 10.6. The van der Waals surface area contributed by atoms with Crippen LogP contribution in [0.2, 0.25) is 0 Å². The maximum absolute atomic E-state index is 4.48. The molecule has 0 unspecified atom stereocenters. The fourth-order valence-electron chi connectivity index (χ4n) is 3.37. The van der Waals surface area contributed by atoms with Gasteiger partial charge in [-0.1, -0.05) is 19.8 Å². The first-order valence-corrected chi connectivity index (χ1v) is 9.27. The Kier molecular flexibility index (Phi) is 8.82. The number of guanidine groups is 1. The normalized spacial score (nSPS) is 17.0. The standard InChI is InChI=1S/C17H30N4S.HI/c1-5-17(9-6-7-10-17)12-20-16(18-4)19-11-8-15-13(2)21-14(3)22-15;/h5-12H2,1-4H3,(H2,18,19,20);1H. The van der Waals surface area contributed by atoms with E-state index in [0.717, 1.165) is 30.5 Å². The van der Waals surface area contributed by atoms with Crippen LogP contribution in [0.15, 0.2) is 4.99 Å². The highest BCUT2D eigenvalue weighted by Crippen LogP contribution is 2.40. The van der Waals surface area contributed by atoms with Crippen LogP contribution in [-0.4, -0.2) is 31.1 Å². The summed E-state index contributed by atoms with van der Waals surface area (Å²) in [7, 11) is 1.85. The molecule has 1 aromatic heterocycles. The van der Waals surface area contributed by atoms with Gasteiger partial charge >= 0.3 is 0 Å². The first kappa shape index (κ1) is 20.7. The number of halogens is 1. The van der Waals surface area contributed by atoms with E-state index in [2.05, 4.69) is 41.4 Å². The Morgan fingerprint density at radius 2 is 1.96 bits per heavy atom. The van der Waals surface area contributed by atoms with Crippen molar-refractivity contribution in [3.8, 4) is 0 Å². The van der Waals surface area contributed by atoms with E-state index in [1.165, 1.54) is 42.7 Å². The zero-order valence-electron chi connectivity index (χ0n) is 14.9. The van der Waals surface area contributed by atoms with E-state index in [1.54, 1.807) is 11.3 Å². The lowest BCUT2D eigenvalue weighted by atomic mass is 9.83. The van der Waals surface area contributed by atoms with E-state index >= 15 is 0 Å². The topological polar surface area (TPSA) is 49.3 Å². The summed E-state index contributed by atoms with van der Waals surface area (Å²) in [6.45, 7) is 8.43. The molecule has 0 aromatic carbocycles. The predicted octanol–water partition coefficient (Wildman–Crippen LogP) is 4.06. The van der Waals surface area contributed by atoms with Crippen LogP contribution < -0.4 is 10.6 Å². The van der Waals surface area contributed by atoms with E-state index in [9.17, 15) is 0 Å². The Labute approximate surface area is 162 Å². The van der Waals surface area contributed by atoms with Crippen LogP contribution >= 0.6 is 35.3 Å². The summed E-state index contributed by atoms with van der Waals surface area (Å²) in [6, 6.07) is 0. The van der Waals surface area contributed by atoms with Crippen molar-refractivity contribution in [2.24, 2.45) is 10.4 Å². The summed E-state index contributed by atoms with van der Waals surface area (Å²) in [5, 5.41) is 8.13. The summed E-state index contributed by atoms with van der Waals surface area (Å²) < 4.78 is 0. The van der Waals surface area contributed by atoms with Crippen molar-refractivity contribution in [3.63, 3.8) is 0 Å². The molecule has 0 amide bonds. The van der Waals surface area contributed by atoms with Crippen molar-refractivity contribution in [2.75, 3.05) is 20.1 Å². The molecular weight excluding hydrogens is 419 g/mol. The molecule has 1 aliphatic rings. The van der Waals surface area contributed by atoms with Crippen molar-refractivity contribution in [1.29, 1.82) is 0 Å². The monoisotopic (exact) mass is 450 g/mol.